The van der Waals surface area contributed by atoms with Gasteiger partial charge in [0.15, 0.2) is 0 Å². The van der Waals surface area contributed by atoms with Crippen molar-refractivity contribution in [1.29, 1.82) is 0 Å². The Labute approximate surface area is 94.8 Å². The maximum Gasteiger partial charge on any atom is 0.0468 e. The van der Waals surface area contributed by atoms with Crippen LogP contribution in [-0.4, -0.2) is 26.3 Å². The van der Waals surface area contributed by atoms with Gasteiger partial charge in [-0.1, -0.05) is 20.8 Å². The first kappa shape index (κ1) is 13.0. The van der Waals surface area contributed by atoms with E-state index in [9.17, 15) is 0 Å². The molecule has 1 aliphatic rings. The third kappa shape index (κ3) is 4.98. The van der Waals surface area contributed by atoms with Crippen molar-refractivity contribution in [2.75, 3.05) is 26.3 Å². The standard InChI is InChI=1S/C13H27NO/c1-4-14-10-13(11(2)3)9-12-5-7-15-8-6-12/h11-14H,4-10H2,1-3H3. The van der Waals surface area contributed by atoms with E-state index in [0.29, 0.717) is 0 Å². The van der Waals surface area contributed by atoms with Crippen molar-refractivity contribution in [3.05, 3.63) is 0 Å². The van der Waals surface area contributed by atoms with Gasteiger partial charge >= 0.3 is 0 Å². The number of hydrogen-bond donors (Lipinski definition) is 1. The molecule has 1 fully saturated rings. The van der Waals surface area contributed by atoms with E-state index in [1.54, 1.807) is 0 Å². The lowest BCUT2D eigenvalue weighted by molar-refractivity contribution is 0.0557. The number of ether oxygens (including phenoxy) is 1. The van der Waals surface area contributed by atoms with Crippen molar-refractivity contribution in [2.24, 2.45) is 17.8 Å². The molecule has 0 aromatic carbocycles. The zero-order chi connectivity index (χ0) is 11.1. The Morgan fingerprint density at radius 2 is 1.93 bits per heavy atom. The predicted octanol–water partition coefficient (Wildman–Crippen LogP) is 2.68. The molecule has 0 aromatic heterocycles. The molecular formula is C13H27NO. The third-order valence-corrected chi connectivity index (χ3v) is 3.58. The van der Waals surface area contributed by atoms with Crippen molar-refractivity contribution >= 4 is 0 Å². The van der Waals surface area contributed by atoms with E-state index in [1.807, 2.05) is 0 Å². The zero-order valence-corrected chi connectivity index (χ0v) is 10.6. The molecular weight excluding hydrogens is 186 g/mol. The summed E-state index contributed by atoms with van der Waals surface area (Å²) in [5.41, 5.74) is 0. The number of nitrogens with one attached hydrogen (secondary N) is 1. The van der Waals surface area contributed by atoms with Crippen LogP contribution in [0.1, 0.15) is 40.0 Å². The van der Waals surface area contributed by atoms with Gasteiger partial charge < -0.3 is 10.1 Å². The monoisotopic (exact) mass is 213 g/mol. The fourth-order valence-electron chi connectivity index (χ4n) is 2.33. The third-order valence-electron chi connectivity index (χ3n) is 3.58. The Hall–Kier alpha value is -0.0800. The molecule has 0 spiro atoms. The second-order valence-electron chi connectivity index (χ2n) is 5.10. The van der Waals surface area contributed by atoms with Crippen molar-refractivity contribution in [3.63, 3.8) is 0 Å². The zero-order valence-electron chi connectivity index (χ0n) is 10.6. The van der Waals surface area contributed by atoms with Crippen LogP contribution in [0.4, 0.5) is 0 Å². The van der Waals surface area contributed by atoms with Gasteiger partial charge in [0.05, 0.1) is 0 Å². The van der Waals surface area contributed by atoms with Crippen LogP contribution in [0.3, 0.4) is 0 Å². The second kappa shape index (κ2) is 7.24. The second-order valence-corrected chi connectivity index (χ2v) is 5.10. The molecule has 0 bridgehead atoms. The summed E-state index contributed by atoms with van der Waals surface area (Å²) in [6.45, 7) is 11.1. The van der Waals surface area contributed by atoms with Crippen LogP contribution in [0.15, 0.2) is 0 Å². The van der Waals surface area contributed by atoms with E-state index >= 15 is 0 Å². The van der Waals surface area contributed by atoms with E-state index in [-0.39, 0.29) is 0 Å². The number of rotatable bonds is 6. The quantitative estimate of drug-likeness (QED) is 0.732. The van der Waals surface area contributed by atoms with Gasteiger partial charge in [-0.25, -0.2) is 0 Å². The van der Waals surface area contributed by atoms with E-state index in [4.69, 9.17) is 4.74 Å². The minimum absolute atomic E-state index is 0.798. The maximum atomic E-state index is 5.41. The van der Waals surface area contributed by atoms with Gasteiger partial charge in [-0.05, 0) is 50.1 Å². The Morgan fingerprint density at radius 1 is 1.27 bits per heavy atom. The summed E-state index contributed by atoms with van der Waals surface area (Å²) in [5, 5.41) is 3.49. The number of hydrogen-bond acceptors (Lipinski definition) is 2. The first-order valence-corrected chi connectivity index (χ1v) is 6.52. The molecule has 2 heteroatoms. The van der Waals surface area contributed by atoms with Crippen molar-refractivity contribution in [3.8, 4) is 0 Å². The van der Waals surface area contributed by atoms with Gasteiger partial charge in [0, 0.05) is 13.2 Å². The summed E-state index contributed by atoms with van der Waals surface area (Å²) in [6.07, 6.45) is 3.93. The first-order valence-electron chi connectivity index (χ1n) is 6.52. The Kier molecular flexibility index (Phi) is 6.26. The molecule has 0 amide bonds. The summed E-state index contributed by atoms with van der Waals surface area (Å²) in [6, 6.07) is 0. The molecule has 1 saturated heterocycles. The lowest BCUT2D eigenvalue weighted by Gasteiger charge is -2.29. The Bertz CT molecular complexity index is 153. The van der Waals surface area contributed by atoms with Crippen molar-refractivity contribution < 1.29 is 4.74 Å². The van der Waals surface area contributed by atoms with Crippen LogP contribution in [0.2, 0.25) is 0 Å². The van der Waals surface area contributed by atoms with Crippen molar-refractivity contribution in [2.45, 2.75) is 40.0 Å². The summed E-state index contributed by atoms with van der Waals surface area (Å²) in [4.78, 5) is 0. The minimum Gasteiger partial charge on any atom is -0.381 e. The Balaban J connectivity index is 2.28. The van der Waals surface area contributed by atoms with Crippen molar-refractivity contribution in [1.82, 2.24) is 5.32 Å². The summed E-state index contributed by atoms with van der Waals surface area (Å²) < 4.78 is 5.41. The van der Waals surface area contributed by atoms with Crippen LogP contribution < -0.4 is 5.32 Å². The van der Waals surface area contributed by atoms with Gasteiger partial charge in [0.1, 0.15) is 0 Å². The summed E-state index contributed by atoms with van der Waals surface area (Å²) in [5.74, 6) is 2.55. The average Bonchev–Trinajstić information content (AvgIpc) is 2.25. The highest BCUT2D eigenvalue weighted by Gasteiger charge is 2.20. The molecule has 1 atom stereocenters. The van der Waals surface area contributed by atoms with Gasteiger partial charge in [-0.2, -0.15) is 0 Å². The van der Waals surface area contributed by atoms with Crippen LogP contribution in [-0.2, 0) is 4.74 Å². The minimum atomic E-state index is 0.798. The molecule has 0 aromatic rings. The largest absolute Gasteiger partial charge is 0.381 e. The van der Waals surface area contributed by atoms with Crippen LogP contribution in [0, 0.1) is 17.8 Å². The highest BCUT2D eigenvalue weighted by Crippen LogP contribution is 2.26. The van der Waals surface area contributed by atoms with E-state index in [1.165, 1.54) is 25.8 Å². The summed E-state index contributed by atoms with van der Waals surface area (Å²) >= 11 is 0. The molecule has 90 valence electrons. The molecule has 1 unspecified atom stereocenters. The highest BCUT2D eigenvalue weighted by atomic mass is 16.5. The van der Waals surface area contributed by atoms with Crippen LogP contribution in [0.25, 0.3) is 0 Å². The molecule has 1 heterocycles. The molecule has 2 nitrogen and oxygen atoms in total. The molecule has 1 rings (SSSR count). The lowest BCUT2D eigenvalue weighted by atomic mass is 9.83. The molecule has 1 N–H and O–H groups in total. The average molecular weight is 213 g/mol. The SMILES string of the molecule is CCNCC(CC1CCOCC1)C(C)C. The normalized spacial score (nSPS) is 20.8. The predicted molar refractivity (Wildman–Crippen MR) is 65.0 cm³/mol. The van der Waals surface area contributed by atoms with Gasteiger partial charge in [0.2, 0.25) is 0 Å². The van der Waals surface area contributed by atoms with Crippen LogP contribution in [0.5, 0.6) is 0 Å². The molecule has 0 aliphatic carbocycles. The van der Waals surface area contributed by atoms with E-state index in [0.717, 1.165) is 37.5 Å². The lowest BCUT2D eigenvalue weighted by Crippen LogP contribution is -2.29. The first-order chi connectivity index (χ1) is 7.24. The maximum absolute atomic E-state index is 5.41. The van der Waals surface area contributed by atoms with Gasteiger partial charge in [-0.15, -0.1) is 0 Å². The fourth-order valence-corrected chi connectivity index (χ4v) is 2.33. The van der Waals surface area contributed by atoms with E-state index < -0.39 is 0 Å². The molecule has 0 radical (unpaired) electrons. The smallest absolute Gasteiger partial charge is 0.0468 e. The van der Waals surface area contributed by atoms with Crippen LogP contribution >= 0.6 is 0 Å². The summed E-state index contributed by atoms with van der Waals surface area (Å²) in [7, 11) is 0. The van der Waals surface area contributed by atoms with Gasteiger partial charge in [0.25, 0.3) is 0 Å². The molecule has 1 aliphatic heterocycles. The van der Waals surface area contributed by atoms with E-state index in [2.05, 4.69) is 26.1 Å². The Morgan fingerprint density at radius 3 is 2.47 bits per heavy atom. The van der Waals surface area contributed by atoms with Gasteiger partial charge in [-0.3, -0.25) is 0 Å². The fraction of sp³-hybridized carbons (Fsp3) is 1.00. The highest BCUT2D eigenvalue weighted by molar-refractivity contribution is 4.72. The molecule has 15 heavy (non-hydrogen) atoms. The molecule has 0 saturated carbocycles. The topological polar surface area (TPSA) is 21.3 Å².